The Morgan fingerprint density at radius 3 is 2.64 bits per heavy atom. The normalized spacial score (nSPS) is 18.8. The molecule has 2 aliphatic rings. The molecule has 0 saturated carbocycles. The fraction of sp³-hybridized carbons (Fsp3) is 0.406. The number of aromatic nitrogens is 1. The lowest BCUT2D eigenvalue weighted by Crippen LogP contribution is -2.55. The number of hydrogen-bond acceptors (Lipinski definition) is 6. The third-order valence-corrected chi connectivity index (χ3v) is 8.30. The SMILES string of the molecule is CCOc1ncccc1-c1ccc(N2CCN(C(=O)c3ccc(Cl)cc3C(F)(F)F)C[C@H]2CC)c(C(=O)N[C@H]2CCNC2)c1. The van der Waals surface area contributed by atoms with Gasteiger partial charge in [-0.15, -0.1) is 0 Å². The highest BCUT2D eigenvalue weighted by Gasteiger charge is 2.38. The second kappa shape index (κ2) is 13.4. The number of hydrogen-bond donors (Lipinski definition) is 2. The fourth-order valence-corrected chi connectivity index (χ4v) is 6.03. The van der Waals surface area contributed by atoms with Crippen LogP contribution in [0.2, 0.25) is 5.02 Å². The molecule has 2 amide bonds. The second-order valence-corrected chi connectivity index (χ2v) is 11.3. The van der Waals surface area contributed by atoms with E-state index in [4.69, 9.17) is 16.3 Å². The molecule has 0 unspecified atom stereocenters. The molecular formula is C32H35ClF3N5O3. The molecule has 0 aliphatic carbocycles. The number of ether oxygens (including phenoxy) is 1. The van der Waals surface area contributed by atoms with Crippen LogP contribution in [0, 0.1) is 0 Å². The van der Waals surface area contributed by atoms with Gasteiger partial charge in [0.15, 0.2) is 0 Å². The van der Waals surface area contributed by atoms with Crippen LogP contribution in [0.4, 0.5) is 18.9 Å². The van der Waals surface area contributed by atoms with E-state index in [0.717, 1.165) is 36.2 Å². The van der Waals surface area contributed by atoms with Crippen molar-refractivity contribution < 1.29 is 27.5 Å². The summed E-state index contributed by atoms with van der Waals surface area (Å²) in [7, 11) is 0. The van der Waals surface area contributed by atoms with Gasteiger partial charge in [-0.1, -0.05) is 24.6 Å². The van der Waals surface area contributed by atoms with Gasteiger partial charge in [0.25, 0.3) is 11.8 Å². The fourth-order valence-electron chi connectivity index (χ4n) is 5.85. The van der Waals surface area contributed by atoms with E-state index >= 15 is 0 Å². The average Bonchev–Trinajstić information content (AvgIpc) is 3.53. The van der Waals surface area contributed by atoms with Crippen LogP contribution in [0.15, 0.2) is 54.7 Å². The third kappa shape index (κ3) is 6.78. The Balaban J connectivity index is 1.46. The second-order valence-electron chi connectivity index (χ2n) is 10.9. The Morgan fingerprint density at radius 1 is 1.11 bits per heavy atom. The van der Waals surface area contributed by atoms with Crippen molar-refractivity contribution in [3.05, 3.63) is 76.4 Å². The van der Waals surface area contributed by atoms with Crippen LogP contribution in [0.1, 0.15) is 53.0 Å². The smallest absolute Gasteiger partial charge is 0.417 e. The van der Waals surface area contributed by atoms with E-state index in [-0.39, 0.29) is 36.1 Å². The molecule has 2 N–H and O–H groups in total. The highest BCUT2D eigenvalue weighted by Crippen LogP contribution is 2.36. The van der Waals surface area contributed by atoms with Crippen molar-refractivity contribution in [1.82, 2.24) is 20.5 Å². The zero-order chi connectivity index (χ0) is 31.4. The van der Waals surface area contributed by atoms with Crippen molar-refractivity contribution in [1.29, 1.82) is 0 Å². The lowest BCUT2D eigenvalue weighted by molar-refractivity contribution is -0.138. The Morgan fingerprint density at radius 2 is 1.93 bits per heavy atom. The molecule has 1 aromatic heterocycles. The van der Waals surface area contributed by atoms with Crippen molar-refractivity contribution in [3.63, 3.8) is 0 Å². The van der Waals surface area contributed by atoms with E-state index < -0.39 is 23.2 Å². The minimum atomic E-state index is -4.73. The van der Waals surface area contributed by atoms with E-state index in [9.17, 15) is 22.8 Å². The molecule has 5 rings (SSSR count). The highest BCUT2D eigenvalue weighted by molar-refractivity contribution is 6.30. The molecule has 0 spiro atoms. The zero-order valence-electron chi connectivity index (χ0n) is 24.6. The number of halogens is 4. The molecule has 0 radical (unpaired) electrons. The molecule has 234 valence electrons. The summed E-state index contributed by atoms with van der Waals surface area (Å²) in [6.07, 6.45) is -1.65. The molecule has 8 nitrogen and oxygen atoms in total. The van der Waals surface area contributed by atoms with Crippen LogP contribution in [-0.4, -0.2) is 73.1 Å². The summed E-state index contributed by atoms with van der Waals surface area (Å²) in [5.41, 5.74) is 1.20. The number of piperazine rings is 1. The van der Waals surface area contributed by atoms with Gasteiger partial charge in [-0.2, -0.15) is 13.2 Å². The molecule has 2 aromatic carbocycles. The summed E-state index contributed by atoms with van der Waals surface area (Å²) in [4.78, 5) is 35.1. The minimum absolute atomic E-state index is 0.00460. The molecule has 2 saturated heterocycles. The van der Waals surface area contributed by atoms with Gasteiger partial charge in [-0.05, 0) is 74.3 Å². The first-order chi connectivity index (χ1) is 21.1. The number of nitrogens with one attached hydrogen (secondary N) is 2. The number of carbonyl (C=O) groups is 2. The molecule has 3 aromatic rings. The van der Waals surface area contributed by atoms with Crippen LogP contribution >= 0.6 is 11.6 Å². The molecular weight excluding hydrogens is 595 g/mol. The van der Waals surface area contributed by atoms with Crippen molar-refractivity contribution in [2.45, 2.75) is 44.9 Å². The summed E-state index contributed by atoms with van der Waals surface area (Å²) in [6, 6.07) is 12.3. The average molecular weight is 630 g/mol. The Bertz CT molecular complexity index is 1510. The Kier molecular flexibility index (Phi) is 9.65. The number of anilines is 1. The summed E-state index contributed by atoms with van der Waals surface area (Å²) in [6.45, 7) is 6.49. The number of carbonyl (C=O) groups excluding carboxylic acids is 2. The van der Waals surface area contributed by atoms with E-state index in [0.29, 0.717) is 43.2 Å². The summed E-state index contributed by atoms with van der Waals surface area (Å²) in [5, 5.41) is 6.31. The van der Waals surface area contributed by atoms with Crippen LogP contribution in [0.25, 0.3) is 11.1 Å². The van der Waals surface area contributed by atoms with Gasteiger partial charge in [0.2, 0.25) is 5.88 Å². The minimum Gasteiger partial charge on any atom is -0.478 e. The van der Waals surface area contributed by atoms with E-state index in [1.54, 1.807) is 6.20 Å². The molecule has 12 heteroatoms. The van der Waals surface area contributed by atoms with E-state index in [1.165, 1.54) is 11.0 Å². The Hall–Kier alpha value is -3.83. The molecule has 3 heterocycles. The summed E-state index contributed by atoms with van der Waals surface area (Å²) >= 11 is 5.84. The van der Waals surface area contributed by atoms with E-state index in [1.807, 2.05) is 44.2 Å². The molecule has 2 fully saturated rings. The largest absolute Gasteiger partial charge is 0.478 e. The van der Waals surface area contributed by atoms with Crippen molar-refractivity contribution in [2.75, 3.05) is 44.2 Å². The molecule has 2 atom stereocenters. The van der Waals surface area contributed by atoms with Crippen molar-refractivity contribution in [3.8, 4) is 17.0 Å². The van der Waals surface area contributed by atoms with Gasteiger partial charge in [0.05, 0.1) is 23.3 Å². The summed E-state index contributed by atoms with van der Waals surface area (Å²) in [5.74, 6) is -0.455. The van der Waals surface area contributed by atoms with Crippen molar-refractivity contribution in [2.24, 2.45) is 0 Å². The maximum absolute atomic E-state index is 13.8. The predicted molar refractivity (Wildman–Crippen MR) is 163 cm³/mol. The van der Waals surface area contributed by atoms with Crippen molar-refractivity contribution >= 4 is 29.1 Å². The van der Waals surface area contributed by atoms with Gasteiger partial charge in [0.1, 0.15) is 0 Å². The van der Waals surface area contributed by atoms with Crippen LogP contribution in [0.5, 0.6) is 5.88 Å². The van der Waals surface area contributed by atoms with Gasteiger partial charge in [-0.25, -0.2) is 4.98 Å². The lowest BCUT2D eigenvalue weighted by atomic mass is 9.98. The number of nitrogens with zero attached hydrogens (tertiary/aromatic N) is 3. The first-order valence-corrected chi connectivity index (χ1v) is 15.1. The maximum Gasteiger partial charge on any atom is 0.417 e. The molecule has 2 aliphatic heterocycles. The van der Waals surface area contributed by atoms with Crippen LogP contribution in [0.3, 0.4) is 0 Å². The van der Waals surface area contributed by atoms with Gasteiger partial charge >= 0.3 is 6.18 Å². The van der Waals surface area contributed by atoms with Gasteiger partial charge < -0.3 is 25.2 Å². The topological polar surface area (TPSA) is 86.8 Å². The van der Waals surface area contributed by atoms with Gasteiger partial charge in [-0.3, -0.25) is 9.59 Å². The summed E-state index contributed by atoms with van der Waals surface area (Å²) < 4.78 is 47.1. The molecule has 0 bridgehead atoms. The highest BCUT2D eigenvalue weighted by atomic mass is 35.5. The number of pyridine rings is 1. The standard InChI is InChI=1S/C32H35ClF3N5O3/c1-3-23-19-40(31(43)25-9-8-21(33)17-27(25)32(34,35)36)14-15-41(23)28-10-7-20(24-6-5-12-38-30(24)44-4-2)16-26(28)29(42)39-22-11-13-37-18-22/h5-10,12,16-17,22-23,37H,3-4,11,13-15,18-19H2,1-2H3,(H,39,42)/t22-,23+/m0/s1. The number of alkyl halides is 3. The Labute approximate surface area is 259 Å². The quantitative estimate of drug-likeness (QED) is 0.335. The lowest BCUT2D eigenvalue weighted by Gasteiger charge is -2.43. The monoisotopic (exact) mass is 629 g/mol. The predicted octanol–water partition coefficient (Wildman–Crippen LogP) is 5.65. The third-order valence-electron chi connectivity index (χ3n) is 8.07. The first kappa shape index (κ1) is 31.6. The van der Waals surface area contributed by atoms with Crippen LogP contribution in [-0.2, 0) is 6.18 Å². The maximum atomic E-state index is 13.8. The van der Waals surface area contributed by atoms with Crippen LogP contribution < -0.4 is 20.3 Å². The number of amides is 2. The number of benzene rings is 2. The van der Waals surface area contributed by atoms with Gasteiger partial charge in [0, 0.05) is 60.7 Å². The molecule has 44 heavy (non-hydrogen) atoms. The zero-order valence-corrected chi connectivity index (χ0v) is 25.3. The van der Waals surface area contributed by atoms with E-state index in [2.05, 4.69) is 20.5 Å². The number of rotatable bonds is 8. The first-order valence-electron chi connectivity index (χ1n) is 14.8.